The summed E-state index contributed by atoms with van der Waals surface area (Å²) in [5.41, 5.74) is 0.180. The van der Waals surface area contributed by atoms with Crippen molar-refractivity contribution in [3.63, 3.8) is 0 Å². The fourth-order valence-electron chi connectivity index (χ4n) is 2.69. The van der Waals surface area contributed by atoms with Crippen LogP contribution in [0.25, 0.3) is 0 Å². The highest BCUT2D eigenvalue weighted by Gasteiger charge is 2.33. The van der Waals surface area contributed by atoms with Crippen molar-refractivity contribution in [2.45, 2.75) is 46.1 Å². The van der Waals surface area contributed by atoms with Crippen molar-refractivity contribution in [2.24, 2.45) is 11.3 Å². The van der Waals surface area contributed by atoms with Crippen molar-refractivity contribution >= 4 is 11.9 Å². The van der Waals surface area contributed by atoms with E-state index < -0.39 is 11.9 Å². The molecule has 4 nitrogen and oxygen atoms in total. The third-order valence-electron chi connectivity index (χ3n) is 2.99. The molecule has 0 radical (unpaired) electrons. The van der Waals surface area contributed by atoms with Crippen molar-refractivity contribution in [3.8, 4) is 0 Å². The van der Waals surface area contributed by atoms with Gasteiger partial charge in [0.25, 0.3) is 0 Å². The van der Waals surface area contributed by atoms with Gasteiger partial charge < -0.3 is 9.84 Å². The van der Waals surface area contributed by atoms with Gasteiger partial charge in [0.05, 0.1) is 0 Å². The maximum absolute atomic E-state index is 11.4. The average Bonchev–Trinajstić information content (AvgIpc) is 2.11. The predicted molar refractivity (Wildman–Crippen MR) is 63.5 cm³/mol. The van der Waals surface area contributed by atoms with E-state index in [0.29, 0.717) is 5.92 Å². The second-order valence-electron chi connectivity index (χ2n) is 5.64. The molecule has 1 rings (SSSR count). The first-order chi connectivity index (χ1) is 7.78. The molecule has 1 aliphatic carbocycles. The van der Waals surface area contributed by atoms with E-state index in [1.54, 1.807) is 0 Å². The fraction of sp³-hybridized carbons (Fsp3) is 0.692. The molecule has 2 unspecified atom stereocenters. The van der Waals surface area contributed by atoms with Crippen molar-refractivity contribution in [1.82, 2.24) is 0 Å². The van der Waals surface area contributed by atoms with Crippen molar-refractivity contribution in [1.29, 1.82) is 0 Å². The minimum Gasteiger partial charge on any atom is -0.478 e. The lowest BCUT2D eigenvalue weighted by Crippen LogP contribution is -2.33. The SMILES string of the molecule is CC1CC(OC(=O)/C=C\C(=O)O)CC(C)(C)C1. The van der Waals surface area contributed by atoms with E-state index in [-0.39, 0.29) is 11.5 Å². The molecule has 1 aliphatic rings. The summed E-state index contributed by atoms with van der Waals surface area (Å²) in [6, 6.07) is 0. The first-order valence-corrected chi connectivity index (χ1v) is 5.90. The van der Waals surface area contributed by atoms with Gasteiger partial charge in [0.15, 0.2) is 0 Å². The molecule has 0 heterocycles. The summed E-state index contributed by atoms with van der Waals surface area (Å²) in [6.07, 6.45) is 4.50. The van der Waals surface area contributed by atoms with Gasteiger partial charge >= 0.3 is 11.9 Å². The number of carbonyl (C=O) groups excluding carboxylic acids is 1. The molecule has 0 aromatic carbocycles. The van der Waals surface area contributed by atoms with Gasteiger partial charge in [-0.1, -0.05) is 20.8 Å². The summed E-state index contributed by atoms with van der Waals surface area (Å²) < 4.78 is 5.26. The lowest BCUT2D eigenvalue weighted by molar-refractivity contribution is -0.147. The van der Waals surface area contributed by atoms with Gasteiger partial charge in [0.2, 0.25) is 0 Å². The van der Waals surface area contributed by atoms with Crippen LogP contribution in [0.1, 0.15) is 40.0 Å². The molecule has 2 atom stereocenters. The highest BCUT2D eigenvalue weighted by molar-refractivity contribution is 5.90. The van der Waals surface area contributed by atoms with Crippen LogP contribution in [0.4, 0.5) is 0 Å². The quantitative estimate of drug-likeness (QED) is 0.607. The lowest BCUT2D eigenvalue weighted by Gasteiger charge is -2.38. The molecule has 0 bridgehead atoms. The van der Waals surface area contributed by atoms with Gasteiger partial charge in [-0.3, -0.25) is 0 Å². The Kier molecular flexibility index (Phi) is 4.32. The van der Waals surface area contributed by atoms with E-state index in [0.717, 1.165) is 31.4 Å². The van der Waals surface area contributed by atoms with Gasteiger partial charge in [-0.05, 0) is 30.6 Å². The number of aliphatic carboxylic acids is 1. The first-order valence-electron chi connectivity index (χ1n) is 5.90. The Bertz CT molecular complexity index is 330. The van der Waals surface area contributed by atoms with Crippen LogP contribution in [0.2, 0.25) is 0 Å². The molecule has 0 spiro atoms. The Hall–Kier alpha value is -1.32. The number of rotatable bonds is 3. The molecule has 1 fully saturated rings. The molecule has 0 aliphatic heterocycles. The fourth-order valence-corrected chi connectivity index (χ4v) is 2.69. The summed E-state index contributed by atoms with van der Waals surface area (Å²) in [7, 11) is 0. The van der Waals surface area contributed by atoms with Gasteiger partial charge in [-0.2, -0.15) is 0 Å². The van der Waals surface area contributed by atoms with Gasteiger partial charge in [0.1, 0.15) is 6.10 Å². The van der Waals surface area contributed by atoms with Crippen LogP contribution in [0.3, 0.4) is 0 Å². The number of carbonyl (C=O) groups is 2. The highest BCUT2D eigenvalue weighted by atomic mass is 16.5. The predicted octanol–water partition coefficient (Wildman–Crippen LogP) is 2.39. The Morgan fingerprint density at radius 2 is 1.94 bits per heavy atom. The lowest BCUT2D eigenvalue weighted by atomic mass is 9.71. The molecule has 1 N–H and O–H groups in total. The largest absolute Gasteiger partial charge is 0.478 e. The summed E-state index contributed by atoms with van der Waals surface area (Å²) in [5.74, 6) is -1.18. The zero-order valence-electron chi connectivity index (χ0n) is 10.6. The number of ether oxygens (including phenoxy) is 1. The number of esters is 1. The Balaban J connectivity index is 2.51. The summed E-state index contributed by atoms with van der Waals surface area (Å²) >= 11 is 0. The van der Waals surface area contributed by atoms with Crippen LogP contribution in [0, 0.1) is 11.3 Å². The molecule has 0 amide bonds. The van der Waals surface area contributed by atoms with Gasteiger partial charge in [0, 0.05) is 12.2 Å². The molecule has 1 saturated carbocycles. The molecule has 0 saturated heterocycles. The van der Waals surface area contributed by atoms with Crippen molar-refractivity contribution in [2.75, 3.05) is 0 Å². The van der Waals surface area contributed by atoms with Gasteiger partial charge in [-0.25, -0.2) is 9.59 Å². The second-order valence-corrected chi connectivity index (χ2v) is 5.64. The molecule has 0 aromatic heterocycles. The third-order valence-corrected chi connectivity index (χ3v) is 2.99. The number of carboxylic acid groups (broad SMARTS) is 1. The highest BCUT2D eigenvalue weighted by Crippen LogP contribution is 2.39. The van der Waals surface area contributed by atoms with E-state index in [2.05, 4.69) is 20.8 Å². The van der Waals surface area contributed by atoms with E-state index >= 15 is 0 Å². The van der Waals surface area contributed by atoms with Crippen molar-refractivity contribution in [3.05, 3.63) is 12.2 Å². The number of hydrogen-bond donors (Lipinski definition) is 1. The van der Waals surface area contributed by atoms with Crippen LogP contribution in [0.15, 0.2) is 12.2 Å². The third kappa shape index (κ3) is 5.02. The zero-order valence-corrected chi connectivity index (χ0v) is 10.6. The summed E-state index contributed by atoms with van der Waals surface area (Å²) in [5, 5.41) is 8.40. The summed E-state index contributed by atoms with van der Waals surface area (Å²) in [4.78, 5) is 21.6. The normalized spacial score (nSPS) is 27.9. The zero-order chi connectivity index (χ0) is 13.1. The number of hydrogen-bond acceptors (Lipinski definition) is 3. The molecule has 4 heteroatoms. The minimum atomic E-state index is -1.14. The monoisotopic (exact) mass is 240 g/mol. The Morgan fingerprint density at radius 3 is 2.47 bits per heavy atom. The van der Waals surface area contributed by atoms with Crippen LogP contribution in [-0.4, -0.2) is 23.1 Å². The van der Waals surface area contributed by atoms with Crippen LogP contribution < -0.4 is 0 Å². The van der Waals surface area contributed by atoms with Crippen LogP contribution in [-0.2, 0) is 14.3 Å². The Morgan fingerprint density at radius 1 is 1.29 bits per heavy atom. The molecule has 0 aromatic rings. The summed E-state index contributed by atoms with van der Waals surface area (Å²) in [6.45, 7) is 6.47. The van der Waals surface area contributed by atoms with E-state index in [9.17, 15) is 9.59 Å². The molecular formula is C13H20O4. The standard InChI is InChI=1S/C13H20O4/c1-9-6-10(8-13(2,3)7-9)17-12(16)5-4-11(14)15/h4-5,9-10H,6-8H2,1-3H3,(H,14,15)/b5-4-. The van der Waals surface area contributed by atoms with E-state index in [1.165, 1.54) is 0 Å². The van der Waals surface area contributed by atoms with Crippen LogP contribution in [0.5, 0.6) is 0 Å². The van der Waals surface area contributed by atoms with E-state index in [4.69, 9.17) is 9.84 Å². The smallest absolute Gasteiger partial charge is 0.331 e. The molecular weight excluding hydrogens is 220 g/mol. The topological polar surface area (TPSA) is 63.6 Å². The van der Waals surface area contributed by atoms with Crippen LogP contribution >= 0.6 is 0 Å². The Labute approximate surface area is 102 Å². The van der Waals surface area contributed by atoms with Crippen molar-refractivity contribution < 1.29 is 19.4 Å². The van der Waals surface area contributed by atoms with E-state index in [1.807, 2.05) is 0 Å². The minimum absolute atomic E-state index is 0.0975. The van der Waals surface area contributed by atoms with Gasteiger partial charge in [-0.15, -0.1) is 0 Å². The second kappa shape index (κ2) is 5.34. The maximum atomic E-state index is 11.4. The first kappa shape index (κ1) is 13.7. The molecule has 96 valence electrons. The number of carboxylic acids is 1. The average molecular weight is 240 g/mol. The maximum Gasteiger partial charge on any atom is 0.331 e. The molecule has 17 heavy (non-hydrogen) atoms.